The van der Waals surface area contributed by atoms with E-state index in [2.05, 4.69) is 11.4 Å². The molecule has 6 nitrogen and oxygen atoms in total. The highest BCUT2D eigenvalue weighted by molar-refractivity contribution is 7.18. The molecule has 1 fully saturated rings. The monoisotopic (exact) mass is 423 g/mol. The molecule has 3 aromatic rings. The minimum atomic E-state index is -0.164. The second-order valence-corrected chi connectivity index (χ2v) is 8.33. The molecule has 1 atom stereocenters. The van der Waals surface area contributed by atoms with Crippen molar-refractivity contribution in [3.8, 4) is 5.75 Å². The molecule has 2 heterocycles. The number of likely N-dealkylation sites (tertiary alicyclic amines) is 1. The Hall–Kier alpha value is -2.93. The van der Waals surface area contributed by atoms with Gasteiger partial charge in [0.15, 0.2) is 0 Å². The molecule has 1 N–H and O–H groups in total. The van der Waals surface area contributed by atoms with Gasteiger partial charge in [0.2, 0.25) is 11.8 Å². The highest BCUT2D eigenvalue weighted by Gasteiger charge is 2.32. The zero-order valence-electron chi connectivity index (χ0n) is 17.0. The number of hydrogen-bond acceptors (Lipinski definition) is 5. The van der Waals surface area contributed by atoms with E-state index in [0.29, 0.717) is 12.3 Å². The highest BCUT2D eigenvalue weighted by atomic mass is 32.1. The van der Waals surface area contributed by atoms with Crippen molar-refractivity contribution in [1.82, 2.24) is 9.88 Å². The summed E-state index contributed by atoms with van der Waals surface area (Å²) in [6.07, 6.45) is 2.24. The molecule has 2 amide bonds. The second kappa shape index (κ2) is 9.26. The van der Waals surface area contributed by atoms with Crippen LogP contribution in [0, 0.1) is 0 Å². The van der Waals surface area contributed by atoms with E-state index in [1.165, 1.54) is 0 Å². The SMILES string of the molecule is CCOc1ccc(NC(=O)CCC(=O)N2CCC[C@H]2c2nc3ccccc3s2)cc1. The molecule has 0 bridgehead atoms. The van der Waals surface area contributed by atoms with Crippen molar-refractivity contribution in [2.45, 2.75) is 38.6 Å². The Morgan fingerprint density at radius 1 is 1.17 bits per heavy atom. The van der Waals surface area contributed by atoms with E-state index in [1.807, 2.05) is 42.2 Å². The van der Waals surface area contributed by atoms with Gasteiger partial charge in [0.25, 0.3) is 0 Å². The number of carbonyl (C=O) groups excluding carboxylic acids is 2. The number of fused-ring (bicyclic) bond motifs is 1. The van der Waals surface area contributed by atoms with Crippen molar-refractivity contribution in [3.63, 3.8) is 0 Å². The fourth-order valence-corrected chi connectivity index (χ4v) is 4.86. The maximum absolute atomic E-state index is 12.8. The van der Waals surface area contributed by atoms with Crippen molar-refractivity contribution in [1.29, 1.82) is 0 Å². The number of hydrogen-bond donors (Lipinski definition) is 1. The maximum Gasteiger partial charge on any atom is 0.224 e. The zero-order chi connectivity index (χ0) is 20.9. The van der Waals surface area contributed by atoms with E-state index in [4.69, 9.17) is 9.72 Å². The minimum absolute atomic E-state index is 0.0126. The van der Waals surface area contributed by atoms with E-state index >= 15 is 0 Å². The summed E-state index contributed by atoms with van der Waals surface area (Å²) in [6, 6.07) is 15.3. The van der Waals surface area contributed by atoms with Crippen molar-refractivity contribution >= 4 is 39.1 Å². The molecule has 1 saturated heterocycles. The fourth-order valence-electron chi connectivity index (χ4n) is 3.74. The highest BCUT2D eigenvalue weighted by Crippen LogP contribution is 2.36. The maximum atomic E-state index is 12.8. The Labute approximate surface area is 179 Å². The zero-order valence-corrected chi connectivity index (χ0v) is 17.8. The second-order valence-electron chi connectivity index (χ2n) is 7.27. The number of amides is 2. The summed E-state index contributed by atoms with van der Waals surface area (Å²) in [5.41, 5.74) is 1.68. The van der Waals surface area contributed by atoms with Crippen LogP contribution in [0.1, 0.15) is 43.7 Å². The van der Waals surface area contributed by atoms with E-state index in [1.54, 1.807) is 23.5 Å². The molecule has 2 aromatic carbocycles. The lowest BCUT2D eigenvalue weighted by Crippen LogP contribution is -2.31. The normalized spacial score (nSPS) is 16.0. The number of aromatic nitrogens is 1. The summed E-state index contributed by atoms with van der Waals surface area (Å²) in [5.74, 6) is 0.613. The van der Waals surface area contributed by atoms with E-state index in [-0.39, 0.29) is 30.7 Å². The van der Waals surface area contributed by atoms with Gasteiger partial charge >= 0.3 is 0 Å². The van der Waals surface area contributed by atoms with E-state index < -0.39 is 0 Å². The summed E-state index contributed by atoms with van der Waals surface area (Å²) < 4.78 is 6.54. The molecule has 0 saturated carbocycles. The Morgan fingerprint density at radius 3 is 2.73 bits per heavy atom. The fraction of sp³-hybridized carbons (Fsp3) is 0.348. The van der Waals surface area contributed by atoms with Crippen molar-refractivity contribution in [2.24, 2.45) is 0 Å². The first-order valence-electron chi connectivity index (χ1n) is 10.3. The van der Waals surface area contributed by atoms with Gasteiger partial charge in [-0.15, -0.1) is 11.3 Å². The van der Waals surface area contributed by atoms with E-state index in [9.17, 15) is 9.59 Å². The standard InChI is InChI=1S/C23H25N3O3S/c1-2-29-17-11-9-16(10-12-17)24-21(27)13-14-22(28)26-15-5-7-19(26)23-25-18-6-3-4-8-20(18)30-23/h3-4,6,8-12,19H,2,5,7,13-15H2,1H3,(H,24,27)/t19-/m0/s1. The number of nitrogens with zero attached hydrogens (tertiary/aromatic N) is 2. The molecule has 156 valence electrons. The number of nitrogens with one attached hydrogen (secondary N) is 1. The third kappa shape index (κ3) is 4.62. The Kier molecular flexibility index (Phi) is 6.28. The van der Waals surface area contributed by atoms with Crippen LogP contribution in [0.4, 0.5) is 5.69 Å². The molecule has 4 rings (SSSR count). The van der Waals surface area contributed by atoms with Crippen LogP contribution in [-0.2, 0) is 9.59 Å². The van der Waals surface area contributed by atoms with Gasteiger partial charge in [-0.05, 0) is 56.2 Å². The predicted molar refractivity (Wildman–Crippen MR) is 119 cm³/mol. The summed E-state index contributed by atoms with van der Waals surface area (Å²) in [7, 11) is 0. The van der Waals surface area contributed by atoms with Crippen LogP contribution in [0.25, 0.3) is 10.2 Å². The van der Waals surface area contributed by atoms with Crippen LogP contribution in [0.2, 0.25) is 0 Å². The lowest BCUT2D eigenvalue weighted by atomic mass is 10.2. The summed E-state index contributed by atoms with van der Waals surface area (Å²) in [5, 5.41) is 3.83. The van der Waals surface area contributed by atoms with Crippen LogP contribution in [-0.4, -0.2) is 34.8 Å². The first-order valence-corrected chi connectivity index (χ1v) is 11.1. The topological polar surface area (TPSA) is 71.5 Å². The molecule has 0 unspecified atom stereocenters. The first kappa shape index (κ1) is 20.3. The molecule has 0 aliphatic carbocycles. The van der Waals surface area contributed by atoms with Gasteiger partial charge in [0.05, 0.1) is 22.9 Å². The third-order valence-corrected chi connectivity index (χ3v) is 6.32. The molecule has 7 heteroatoms. The number of ether oxygens (including phenoxy) is 1. The Bertz CT molecular complexity index is 999. The quantitative estimate of drug-likeness (QED) is 0.594. The average molecular weight is 424 g/mol. The molecule has 1 aromatic heterocycles. The van der Waals surface area contributed by atoms with Gasteiger partial charge in [0, 0.05) is 25.1 Å². The summed E-state index contributed by atoms with van der Waals surface area (Å²) >= 11 is 1.65. The van der Waals surface area contributed by atoms with Crippen LogP contribution < -0.4 is 10.1 Å². The van der Waals surface area contributed by atoms with Crippen LogP contribution >= 0.6 is 11.3 Å². The van der Waals surface area contributed by atoms with Crippen molar-refractivity contribution in [3.05, 3.63) is 53.5 Å². The molecule has 0 radical (unpaired) electrons. The first-order chi connectivity index (χ1) is 14.6. The van der Waals surface area contributed by atoms with Gasteiger partial charge in [0.1, 0.15) is 10.8 Å². The van der Waals surface area contributed by atoms with Gasteiger partial charge in [-0.2, -0.15) is 0 Å². The van der Waals surface area contributed by atoms with Gasteiger partial charge in [-0.3, -0.25) is 9.59 Å². The number of anilines is 1. The molecule has 1 aliphatic heterocycles. The lowest BCUT2D eigenvalue weighted by Gasteiger charge is -2.23. The lowest BCUT2D eigenvalue weighted by molar-refractivity contribution is -0.133. The molecule has 30 heavy (non-hydrogen) atoms. The molecular weight excluding hydrogens is 398 g/mol. The number of benzene rings is 2. The average Bonchev–Trinajstić information content (AvgIpc) is 3.40. The minimum Gasteiger partial charge on any atom is -0.494 e. The third-order valence-electron chi connectivity index (χ3n) is 5.18. The number of carbonyl (C=O) groups is 2. The molecule has 0 spiro atoms. The number of rotatable bonds is 7. The predicted octanol–water partition coefficient (Wildman–Crippen LogP) is 4.78. The largest absolute Gasteiger partial charge is 0.494 e. The summed E-state index contributed by atoms with van der Waals surface area (Å²) in [6.45, 7) is 3.25. The smallest absolute Gasteiger partial charge is 0.224 e. The van der Waals surface area contributed by atoms with Gasteiger partial charge in [-0.1, -0.05) is 12.1 Å². The van der Waals surface area contributed by atoms with Crippen LogP contribution in [0.15, 0.2) is 48.5 Å². The van der Waals surface area contributed by atoms with Gasteiger partial charge < -0.3 is 15.0 Å². The van der Waals surface area contributed by atoms with Gasteiger partial charge in [-0.25, -0.2) is 4.98 Å². The summed E-state index contributed by atoms with van der Waals surface area (Å²) in [4.78, 5) is 31.7. The number of para-hydroxylation sites is 1. The molecular formula is C23H25N3O3S. The Balaban J connectivity index is 1.33. The van der Waals surface area contributed by atoms with Crippen molar-refractivity contribution in [2.75, 3.05) is 18.5 Å². The van der Waals surface area contributed by atoms with E-state index in [0.717, 1.165) is 40.4 Å². The molecule has 1 aliphatic rings. The van der Waals surface area contributed by atoms with Crippen LogP contribution in [0.3, 0.4) is 0 Å². The number of thiazole rings is 1. The van der Waals surface area contributed by atoms with Crippen molar-refractivity contribution < 1.29 is 14.3 Å². The van der Waals surface area contributed by atoms with Crippen LogP contribution in [0.5, 0.6) is 5.75 Å². The Morgan fingerprint density at radius 2 is 1.97 bits per heavy atom.